The van der Waals surface area contributed by atoms with Crippen LogP contribution in [0.4, 0.5) is 0 Å². The molecule has 9 heteroatoms. The molecule has 0 aliphatic heterocycles. The van der Waals surface area contributed by atoms with Gasteiger partial charge in [0.1, 0.15) is 5.52 Å². The highest BCUT2D eigenvalue weighted by Gasteiger charge is 2.17. The number of ether oxygens (including phenoxy) is 1. The van der Waals surface area contributed by atoms with Gasteiger partial charge in [-0.3, -0.25) is 19.4 Å². The molecule has 2 aromatic heterocycles. The van der Waals surface area contributed by atoms with Crippen molar-refractivity contribution in [2.24, 2.45) is 0 Å². The minimum atomic E-state index is -0.193. The van der Waals surface area contributed by atoms with Gasteiger partial charge in [-0.05, 0) is 25.0 Å². The monoisotopic (exact) mass is 417 g/mol. The van der Waals surface area contributed by atoms with Gasteiger partial charge in [-0.2, -0.15) is 0 Å². The average Bonchev–Trinajstić information content (AvgIpc) is 3.31. The predicted molar refractivity (Wildman–Crippen MR) is 115 cm³/mol. The number of thioether (sulfide) groups is 1. The molecule has 0 fully saturated rings. The van der Waals surface area contributed by atoms with E-state index >= 15 is 0 Å². The fourth-order valence-electron chi connectivity index (χ4n) is 3.19. The van der Waals surface area contributed by atoms with Crippen LogP contribution in [0.3, 0.4) is 0 Å². The fourth-order valence-corrected chi connectivity index (χ4v) is 3.83. The Kier molecular flexibility index (Phi) is 7.65. The van der Waals surface area contributed by atoms with Crippen molar-refractivity contribution in [1.82, 2.24) is 25.3 Å². The summed E-state index contributed by atoms with van der Waals surface area (Å²) >= 11 is 1.37. The highest BCUT2D eigenvalue weighted by molar-refractivity contribution is 8.13. The lowest BCUT2D eigenvalue weighted by atomic mass is 10.1. The van der Waals surface area contributed by atoms with Crippen LogP contribution in [0.2, 0.25) is 0 Å². The molecule has 2 N–H and O–H groups in total. The first-order chi connectivity index (χ1) is 14.1. The van der Waals surface area contributed by atoms with Crippen molar-refractivity contribution in [3.05, 3.63) is 24.0 Å². The molecule has 0 spiro atoms. The summed E-state index contributed by atoms with van der Waals surface area (Å²) in [6, 6.07) is 3.83. The van der Waals surface area contributed by atoms with E-state index in [1.165, 1.54) is 11.8 Å². The van der Waals surface area contributed by atoms with Crippen molar-refractivity contribution >= 4 is 44.6 Å². The molecule has 1 amide bonds. The number of H-pyrrole nitrogens is 1. The molecule has 3 aromatic rings. The second-order valence-corrected chi connectivity index (χ2v) is 8.18. The molecule has 0 atom stereocenters. The second-order valence-electron chi connectivity index (χ2n) is 6.91. The number of hydrogen-bond donors (Lipinski definition) is 2. The molecular weight excluding hydrogens is 390 g/mol. The third-order valence-corrected chi connectivity index (χ3v) is 5.58. The smallest absolute Gasteiger partial charge is 0.272 e. The summed E-state index contributed by atoms with van der Waals surface area (Å²) in [7, 11) is 1.67. The molecule has 0 saturated carbocycles. The van der Waals surface area contributed by atoms with Crippen LogP contribution in [0.15, 0.2) is 18.3 Å². The number of aromatic amines is 1. The Morgan fingerprint density at radius 1 is 1.17 bits per heavy atom. The number of nitrogens with zero attached hydrogens (tertiary/aromatic N) is 3. The van der Waals surface area contributed by atoms with Crippen LogP contribution >= 0.6 is 11.8 Å². The van der Waals surface area contributed by atoms with E-state index in [2.05, 4.69) is 20.6 Å². The molecule has 0 bridgehead atoms. The maximum absolute atomic E-state index is 12.5. The van der Waals surface area contributed by atoms with Crippen LogP contribution in [0, 0.1) is 0 Å². The van der Waals surface area contributed by atoms with Crippen molar-refractivity contribution in [2.75, 3.05) is 26.0 Å². The van der Waals surface area contributed by atoms with Gasteiger partial charge in [0.2, 0.25) is 0 Å². The SMILES string of the molecule is COCCn1cc2c(ccc3c(C(=O)NCCCCCCSC(C)=O)nnc32)[nH]1. The lowest BCUT2D eigenvalue weighted by Crippen LogP contribution is -2.25. The van der Waals surface area contributed by atoms with E-state index in [-0.39, 0.29) is 11.0 Å². The number of carbonyl (C=O) groups is 2. The molecule has 29 heavy (non-hydrogen) atoms. The van der Waals surface area contributed by atoms with E-state index in [1.54, 1.807) is 14.0 Å². The topological polar surface area (TPSA) is 102 Å². The summed E-state index contributed by atoms with van der Waals surface area (Å²) in [5, 5.41) is 16.5. The highest BCUT2D eigenvalue weighted by Crippen LogP contribution is 2.25. The van der Waals surface area contributed by atoms with Gasteiger partial charge in [-0.1, -0.05) is 24.6 Å². The van der Waals surface area contributed by atoms with Crippen molar-refractivity contribution in [1.29, 1.82) is 0 Å². The van der Waals surface area contributed by atoms with Crippen LogP contribution < -0.4 is 5.32 Å². The highest BCUT2D eigenvalue weighted by atomic mass is 32.2. The summed E-state index contributed by atoms with van der Waals surface area (Å²) in [6.45, 7) is 3.52. The van der Waals surface area contributed by atoms with Crippen molar-refractivity contribution in [2.45, 2.75) is 39.2 Å². The van der Waals surface area contributed by atoms with E-state index in [0.29, 0.717) is 25.4 Å². The molecule has 0 radical (unpaired) electrons. The van der Waals surface area contributed by atoms with Crippen molar-refractivity contribution in [3.8, 4) is 0 Å². The first-order valence-corrected chi connectivity index (χ1v) is 10.8. The summed E-state index contributed by atoms with van der Waals surface area (Å²) in [5.41, 5.74) is 2.04. The third-order valence-electron chi connectivity index (χ3n) is 4.68. The molecular formula is C20H27N5O3S. The summed E-state index contributed by atoms with van der Waals surface area (Å²) in [6.07, 6.45) is 5.98. The average molecular weight is 418 g/mol. The molecule has 156 valence electrons. The van der Waals surface area contributed by atoms with Crippen molar-refractivity contribution in [3.63, 3.8) is 0 Å². The lowest BCUT2D eigenvalue weighted by molar-refractivity contribution is -0.109. The maximum Gasteiger partial charge on any atom is 0.272 e. The van der Waals surface area contributed by atoms with Gasteiger partial charge in [-0.25, -0.2) is 0 Å². The predicted octanol–water partition coefficient (Wildman–Crippen LogP) is 3.13. The number of fused-ring (bicyclic) bond motifs is 3. The fraction of sp³-hybridized carbons (Fsp3) is 0.500. The van der Waals surface area contributed by atoms with E-state index in [0.717, 1.165) is 53.2 Å². The minimum absolute atomic E-state index is 0.169. The van der Waals surface area contributed by atoms with Crippen LogP contribution in [0.5, 0.6) is 0 Å². The first kappa shape index (κ1) is 21.3. The lowest BCUT2D eigenvalue weighted by Gasteiger charge is -2.03. The van der Waals surface area contributed by atoms with E-state index in [1.807, 2.05) is 23.0 Å². The number of amides is 1. The van der Waals surface area contributed by atoms with Gasteiger partial charge in [0.25, 0.3) is 5.91 Å². The number of unbranched alkanes of at least 4 members (excludes halogenated alkanes) is 3. The summed E-state index contributed by atoms with van der Waals surface area (Å²) in [4.78, 5) is 23.4. The molecule has 2 heterocycles. The van der Waals surface area contributed by atoms with Gasteiger partial charge >= 0.3 is 0 Å². The Morgan fingerprint density at radius 3 is 2.79 bits per heavy atom. The van der Waals surface area contributed by atoms with Gasteiger partial charge in [0, 0.05) is 43.3 Å². The molecule has 0 saturated heterocycles. The zero-order valence-corrected chi connectivity index (χ0v) is 17.7. The summed E-state index contributed by atoms with van der Waals surface area (Å²) < 4.78 is 7.05. The number of benzene rings is 1. The second kappa shape index (κ2) is 10.4. The van der Waals surface area contributed by atoms with E-state index in [4.69, 9.17) is 4.74 Å². The number of carbonyl (C=O) groups excluding carboxylic acids is 2. The Labute approximate surface area is 173 Å². The summed E-state index contributed by atoms with van der Waals surface area (Å²) in [5.74, 6) is 0.678. The number of nitrogens with one attached hydrogen (secondary N) is 2. The number of rotatable bonds is 11. The van der Waals surface area contributed by atoms with E-state index < -0.39 is 0 Å². The van der Waals surface area contributed by atoms with Gasteiger partial charge < -0.3 is 10.1 Å². The third kappa shape index (κ3) is 5.57. The Balaban J connectivity index is 1.54. The Morgan fingerprint density at radius 2 is 2.00 bits per heavy atom. The van der Waals surface area contributed by atoms with Gasteiger partial charge in [0.15, 0.2) is 10.8 Å². The quantitative estimate of drug-likeness (QED) is 0.465. The van der Waals surface area contributed by atoms with Crippen molar-refractivity contribution < 1.29 is 14.3 Å². The van der Waals surface area contributed by atoms with Crippen LogP contribution in [0.1, 0.15) is 43.1 Å². The Bertz CT molecular complexity index is 981. The van der Waals surface area contributed by atoms with E-state index in [9.17, 15) is 9.59 Å². The molecule has 0 aliphatic rings. The molecule has 0 unspecified atom stereocenters. The van der Waals surface area contributed by atoms with Gasteiger partial charge in [-0.15, -0.1) is 10.2 Å². The molecule has 0 aliphatic carbocycles. The number of hydrogen-bond acceptors (Lipinski definition) is 6. The van der Waals surface area contributed by atoms with Crippen LogP contribution in [-0.2, 0) is 16.1 Å². The van der Waals surface area contributed by atoms with Gasteiger partial charge in [0.05, 0.1) is 18.7 Å². The first-order valence-electron chi connectivity index (χ1n) is 9.85. The number of aromatic nitrogens is 4. The normalized spacial score (nSPS) is 11.4. The Hall–Kier alpha value is -2.39. The zero-order chi connectivity index (χ0) is 20.6. The standard InChI is InChI=1S/C20H27N5O3S/c1-14(26)29-12-6-4-3-5-9-21-20(27)19-15-7-8-17-16(18(15)22-23-19)13-25(24-17)10-11-28-2/h7-8,13,24H,3-6,9-12H2,1-2H3,(H,21,27). The molecule has 8 nitrogen and oxygen atoms in total. The molecule has 3 rings (SSSR count). The van der Waals surface area contributed by atoms with Crippen LogP contribution in [-0.4, -0.2) is 57.0 Å². The van der Waals surface area contributed by atoms with Crippen LogP contribution in [0.25, 0.3) is 21.8 Å². The number of methoxy groups -OCH3 is 1. The maximum atomic E-state index is 12.5. The largest absolute Gasteiger partial charge is 0.383 e. The zero-order valence-electron chi connectivity index (χ0n) is 16.9. The molecule has 1 aromatic carbocycles. The minimum Gasteiger partial charge on any atom is -0.383 e.